The Balaban J connectivity index is 1.47. The quantitative estimate of drug-likeness (QED) is 0.793. The number of Topliss-reactive ketones (excluding diaryl/α,β-unsaturated/α-hetero) is 1. The topological polar surface area (TPSA) is 58.2 Å². The molecule has 0 bridgehead atoms. The van der Waals surface area contributed by atoms with E-state index in [4.69, 9.17) is 0 Å². The van der Waals surface area contributed by atoms with Gasteiger partial charge in [0, 0.05) is 38.0 Å². The highest BCUT2D eigenvalue weighted by atomic mass is 19.2. The van der Waals surface area contributed by atoms with Crippen molar-refractivity contribution in [3.8, 4) is 0 Å². The van der Waals surface area contributed by atoms with Gasteiger partial charge in [-0.2, -0.15) is 0 Å². The minimum absolute atomic E-state index is 0.00429. The fraction of sp³-hybridized carbons (Fsp3) is 0.263. The van der Waals surface area contributed by atoms with Crippen LogP contribution in [0.25, 0.3) is 0 Å². The molecule has 0 aliphatic carbocycles. The van der Waals surface area contributed by atoms with Crippen LogP contribution in [0.5, 0.6) is 0 Å². The minimum atomic E-state index is -1.07. The van der Waals surface area contributed by atoms with Crippen LogP contribution in [0.15, 0.2) is 36.4 Å². The maximum atomic E-state index is 13.1. The van der Waals surface area contributed by atoms with Crippen LogP contribution in [0, 0.1) is 11.6 Å². The maximum Gasteiger partial charge on any atom is 0.220 e. The lowest BCUT2D eigenvalue weighted by Gasteiger charge is -2.07. The summed E-state index contributed by atoms with van der Waals surface area (Å²) in [5.74, 6) is -2.72. The van der Waals surface area contributed by atoms with Gasteiger partial charge in [0.15, 0.2) is 17.4 Å². The third-order valence-electron chi connectivity index (χ3n) is 4.21. The number of rotatable bonds is 6. The zero-order valence-electron chi connectivity index (χ0n) is 13.6. The average Bonchev–Trinajstić information content (AvgIpc) is 3.08. The molecule has 3 rings (SSSR count). The van der Waals surface area contributed by atoms with Crippen LogP contribution >= 0.6 is 0 Å². The lowest BCUT2D eigenvalue weighted by Crippen LogP contribution is -2.23. The summed E-state index contributed by atoms with van der Waals surface area (Å²) in [5.41, 5.74) is 3.58. The summed E-state index contributed by atoms with van der Waals surface area (Å²) in [7, 11) is 0. The van der Waals surface area contributed by atoms with Crippen LogP contribution in [-0.2, 0) is 24.4 Å². The number of fused-ring (bicyclic) bond motifs is 1. The number of nitrogens with one attached hydrogen (secondary N) is 2. The number of carbonyl (C=O) groups excluding carboxylic acids is 2. The largest absolute Gasteiger partial charge is 0.352 e. The smallest absolute Gasteiger partial charge is 0.220 e. The molecule has 2 N–H and O–H groups in total. The fourth-order valence-corrected chi connectivity index (χ4v) is 2.79. The molecule has 0 radical (unpaired) electrons. The molecule has 0 saturated carbocycles. The highest BCUT2D eigenvalue weighted by molar-refractivity contribution is 5.97. The zero-order valence-corrected chi connectivity index (χ0v) is 13.6. The third-order valence-corrected chi connectivity index (χ3v) is 4.21. The number of ketones is 1. The Hall–Kier alpha value is -2.60. The Morgan fingerprint density at radius 3 is 2.56 bits per heavy atom. The first kappa shape index (κ1) is 17.2. The molecule has 4 nitrogen and oxygen atoms in total. The van der Waals surface area contributed by atoms with Crippen LogP contribution in [0.2, 0.25) is 0 Å². The number of amides is 1. The molecular formula is C19H18F2N2O2. The van der Waals surface area contributed by atoms with Gasteiger partial charge in [-0.3, -0.25) is 9.59 Å². The SMILES string of the molecule is O=C(CCC(=O)c1ccc(F)c(F)c1)NCc1ccc2c(c1)CNC2. The lowest BCUT2D eigenvalue weighted by atomic mass is 10.1. The summed E-state index contributed by atoms with van der Waals surface area (Å²) in [4.78, 5) is 23.8. The summed E-state index contributed by atoms with van der Waals surface area (Å²) in [6, 6.07) is 9.06. The van der Waals surface area contributed by atoms with Gasteiger partial charge in [-0.25, -0.2) is 8.78 Å². The van der Waals surface area contributed by atoms with Crippen LogP contribution in [-0.4, -0.2) is 11.7 Å². The van der Waals surface area contributed by atoms with Crippen molar-refractivity contribution in [2.45, 2.75) is 32.5 Å². The Kier molecular flexibility index (Phi) is 5.19. The minimum Gasteiger partial charge on any atom is -0.352 e. The number of hydrogen-bond donors (Lipinski definition) is 2. The number of hydrogen-bond acceptors (Lipinski definition) is 3. The zero-order chi connectivity index (χ0) is 17.8. The second-order valence-corrected chi connectivity index (χ2v) is 6.04. The van der Waals surface area contributed by atoms with E-state index in [2.05, 4.69) is 16.7 Å². The van der Waals surface area contributed by atoms with Crippen molar-refractivity contribution in [2.75, 3.05) is 0 Å². The molecule has 0 unspecified atom stereocenters. The van der Waals surface area contributed by atoms with E-state index in [9.17, 15) is 18.4 Å². The Bertz CT molecular complexity index is 821. The highest BCUT2D eigenvalue weighted by Crippen LogP contribution is 2.17. The van der Waals surface area contributed by atoms with Crippen LogP contribution in [0.3, 0.4) is 0 Å². The number of carbonyl (C=O) groups is 2. The van der Waals surface area contributed by atoms with Gasteiger partial charge in [-0.15, -0.1) is 0 Å². The molecule has 1 heterocycles. The Morgan fingerprint density at radius 1 is 0.960 bits per heavy atom. The van der Waals surface area contributed by atoms with Gasteiger partial charge in [-0.1, -0.05) is 18.2 Å². The van der Waals surface area contributed by atoms with Crippen molar-refractivity contribution >= 4 is 11.7 Å². The van der Waals surface area contributed by atoms with Gasteiger partial charge < -0.3 is 10.6 Å². The van der Waals surface area contributed by atoms with E-state index >= 15 is 0 Å². The maximum absolute atomic E-state index is 13.1. The van der Waals surface area contributed by atoms with Crippen LogP contribution in [0.4, 0.5) is 8.78 Å². The third kappa shape index (κ3) is 4.28. The molecule has 0 atom stereocenters. The van der Waals surface area contributed by atoms with Crippen molar-refractivity contribution < 1.29 is 18.4 Å². The second-order valence-electron chi connectivity index (χ2n) is 6.04. The molecule has 1 aliphatic heterocycles. The van der Waals surface area contributed by atoms with Gasteiger partial charge in [0.2, 0.25) is 5.91 Å². The lowest BCUT2D eigenvalue weighted by molar-refractivity contribution is -0.121. The normalized spacial score (nSPS) is 12.7. The van der Waals surface area contributed by atoms with E-state index in [1.807, 2.05) is 12.1 Å². The summed E-state index contributed by atoms with van der Waals surface area (Å²) in [6.45, 7) is 2.10. The first-order chi connectivity index (χ1) is 12.0. The van der Waals surface area contributed by atoms with Crippen molar-refractivity contribution in [1.29, 1.82) is 0 Å². The summed E-state index contributed by atoms with van der Waals surface area (Å²) in [6.07, 6.45) is -0.0463. The van der Waals surface area contributed by atoms with E-state index in [-0.39, 0.29) is 24.3 Å². The summed E-state index contributed by atoms with van der Waals surface area (Å²) >= 11 is 0. The van der Waals surface area contributed by atoms with Crippen molar-refractivity contribution in [3.63, 3.8) is 0 Å². The fourth-order valence-electron chi connectivity index (χ4n) is 2.79. The summed E-state index contributed by atoms with van der Waals surface area (Å²) < 4.78 is 26.0. The molecule has 25 heavy (non-hydrogen) atoms. The van der Waals surface area contributed by atoms with E-state index in [1.54, 1.807) is 0 Å². The molecule has 1 aliphatic rings. The van der Waals surface area contributed by atoms with Crippen LogP contribution in [0.1, 0.15) is 39.9 Å². The van der Waals surface area contributed by atoms with E-state index < -0.39 is 17.4 Å². The van der Waals surface area contributed by atoms with E-state index in [0.29, 0.717) is 6.54 Å². The summed E-state index contributed by atoms with van der Waals surface area (Å²) in [5, 5.41) is 6.03. The van der Waals surface area contributed by atoms with Crippen molar-refractivity contribution in [1.82, 2.24) is 10.6 Å². The van der Waals surface area contributed by atoms with Gasteiger partial charge in [0.05, 0.1) is 0 Å². The Labute approximate surface area is 144 Å². The molecule has 0 spiro atoms. The standard InChI is InChI=1S/C19H18F2N2O2/c20-16-4-3-13(8-17(16)21)18(24)5-6-19(25)23-9-12-1-2-14-10-22-11-15(14)7-12/h1-4,7-8,22H,5-6,9-11H2,(H,23,25). The van der Waals surface area contributed by atoms with Gasteiger partial charge in [0.25, 0.3) is 0 Å². The van der Waals surface area contributed by atoms with Gasteiger partial charge >= 0.3 is 0 Å². The van der Waals surface area contributed by atoms with E-state index in [0.717, 1.165) is 30.8 Å². The predicted molar refractivity (Wildman–Crippen MR) is 88.8 cm³/mol. The Morgan fingerprint density at radius 2 is 1.76 bits per heavy atom. The van der Waals surface area contributed by atoms with Gasteiger partial charge in [0.1, 0.15) is 0 Å². The first-order valence-electron chi connectivity index (χ1n) is 8.09. The van der Waals surface area contributed by atoms with E-state index in [1.165, 1.54) is 17.2 Å². The first-order valence-corrected chi connectivity index (χ1v) is 8.09. The molecule has 6 heteroatoms. The molecule has 0 aromatic heterocycles. The molecule has 1 amide bonds. The molecule has 0 fully saturated rings. The molecule has 2 aromatic rings. The van der Waals surface area contributed by atoms with Crippen molar-refractivity contribution in [2.24, 2.45) is 0 Å². The molecule has 0 saturated heterocycles. The monoisotopic (exact) mass is 344 g/mol. The van der Waals surface area contributed by atoms with Crippen LogP contribution < -0.4 is 10.6 Å². The average molecular weight is 344 g/mol. The van der Waals surface area contributed by atoms with Gasteiger partial charge in [-0.05, 0) is 34.9 Å². The van der Waals surface area contributed by atoms with Crippen molar-refractivity contribution in [3.05, 3.63) is 70.3 Å². The molecule has 130 valence electrons. The molecular weight excluding hydrogens is 326 g/mol. The number of halogens is 2. The highest BCUT2D eigenvalue weighted by Gasteiger charge is 2.13. The second kappa shape index (κ2) is 7.53. The number of benzene rings is 2. The predicted octanol–water partition coefficient (Wildman–Crippen LogP) is 2.85. The molecule has 2 aromatic carbocycles.